The van der Waals surface area contributed by atoms with Gasteiger partial charge in [0.1, 0.15) is 12.1 Å². The second-order valence-corrected chi connectivity index (χ2v) is 10.9. The molecule has 4 aromatic rings. The molecule has 2 aromatic carbocycles. The first-order valence-electron chi connectivity index (χ1n) is 13.8. The van der Waals surface area contributed by atoms with Crippen LogP contribution in [0, 0.1) is 5.82 Å². The minimum absolute atomic E-state index is 0.00302. The van der Waals surface area contributed by atoms with Gasteiger partial charge in [-0.3, -0.25) is 9.48 Å². The van der Waals surface area contributed by atoms with Crippen LogP contribution in [-0.2, 0) is 11.8 Å². The summed E-state index contributed by atoms with van der Waals surface area (Å²) in [4.78, 5) is 25.1. The van der Waals surface area contributed by atoms with Gasteiger partial charge < -0.3 is 25.0 Å². The van der Waals surface area contributed by atoms with E-state index in [9.17, 15) is 9.18 Å². The highest BCUT2D eigenvalue weighted by Crippen LogP contribution is 2.31. The molecule has 10 nitrogen and oxygen atoms in total. The molecular formula is C29H34FN7O3. The molecule has 2 saturated heterocycles. The number of carbonyl (C=O) groups is 1. The Morgan fingerprint density at radius 3 is 2.80 bits per heavy atom. The molecule has 1 amide bonds. The first-order valence-corrected chi connectivity index (χ1v) is 13.8. The fourth-order valence-corrected chi connectivity index (χ4v) is 5.73. The molecule has 3 atom stereocenters. The molecule has 0 spiro atoms. The number of rotatable bonds is 6. The van der Waals surface area contributed by atoms with Crippen molar-refractivity contribution in [2.45, 2.75) is 51.3 Å². The Morgan fingerprint density at radius 2 is 2.02 bits per heavy atom. The van der Waals surface area contributed by atoms with Gasteiger partial charge >= 0.3 is 6.01 Å². The number of hydrogen-bond donors (Lipinski definition) is 2. The number of halogens is 1. The maximum Gasteiger partial charge on any atom is 0.317 e. The smallest absolute Gasteiger partial charge is 0.317 e. The summed E-state index contributed by atoms with van der Waals surface area (Å²) in [6.45, 7) is 7.01. The summed E-state index contributed by atoms with van der Waals surface area (Å²) in [7, 11) is 1.73. The number of hydrogen-bond acceptors (Lipinski definition) is 8. The van der Waals surface area contributed by atoms with Crippen molar-refractivity contribution in [2.24, 2.45) is 7.05 Å². The zero-order valence-corrected chi connectivity index (χ0v) is 23.0. The number of anilines is 2. The highest BCUT2D eigenvalue weighted by Gasteiger charge is 2.25. The molecule has 2 N–H and O–H groups in total. The molecule has 4 heterocycles. The average Bonchev–Trinajstić information content (AvgIpc) is 3.32. The third-order valence-corrected chi connectivity index (χ3v) is 7.46. The van der Waals surface area contributed by atoms with Gasteiger partial charge in [0, 0.05) is 73.4 Å². The fourth-order valence-electron chi connectivity index (χ4n) is 5.73. The number of aryl methyl sites for hydroxylation is 1. The van der Waals surface area contributed by atoms with Crippen molar-refractivity contribution in [2.75, 3.05) is 36.5 Å². The van der Waals surface area contributed by atoms with Crippen LogP contribution in [0.4, 0.5) is 15.8 Å². The normalized spacial score (nSPS) is 21.6. The van der Waals surface area contributed by atoms with E-state index in [1.165, 1.54) is 6.07 Å². The third-order valence-electron chi connectivity index (χ3n) is 7.46. The lowest BCUT2D eigenvalue weighted by atomic mass is 10.0. The maximum atomic E-state index is 14.7. The molecule has 6 rings (SSSR count). The Bertz CT molecular complexity index is 1540. The molecule has 0 bridgehead atoms. The number of amides is 1. The number of nitrogens with one attached hydrogen (secondary N) is 2. The number of piperazine rings is 1. The predicted octanol–water partition coefficient (Wildman–Crippen LogP) is 4.04. The zero-order chi connectivity index (χ0) is 27.8. The van der Waals surface area contributed by atoms with Crippen LogP contribution in [-0.4, -0.2) is 70.1 Å². The van der Waals surface area contributed by atoms with E-state index in [2.05, 4.69) is 39.5 Å². The van der Waals surface area contributed by atoms with Crippen molar-refractivity contribution in [3.63, 3.8) is 0 Å². The Balaban J connectivity index is 1.34. The number of aromatic nitrogens is 4. The van der Waals surface area contributed by atoms with Gasteiger partial charge in [0.15, 0.2) is 5.82 Å². The lowest BCUT2D eigenvalue weighted by molar-refractivity contribution is -0.0128. The summed E-state index contributed by atoms with van der Waals surface area (Å²) < 4.78 is 27.9. The summed E-state index contributed by atoms with van der Waals surface area (Å²) in [5.74, 6) is -0.903. The Morgan fingerprint density at radius 1 is 1.20 bits per heavy atom. The van der Waals surface area contributed by atoms with Crippen LogP contribution in [0.15, 0.2) is 36.7 Å². The Labute approximate surface area is 231 Å². The lowest BCUT2D eigenvalue weighted by Crippen LogP contribution is -2.54. The Kier molecular flexibility index (Phi) is 7.24. The third kappa shape index (κ3) is 5.44. The number of carbonyl (C=O) groups excluding carboxylic acids is 1. The van der Waals surface area contributed by atoms with Gasteiger partial charge in [-0.25, -0.2) is 9.37 Å². The van der Waals surface area contributed by atoms with Crippen LogP contribution in [0.5, 0.6) is 6.01 Å². The van der Waals surface area contributed by atoms with Crippen LogP contribution in [0.1, 0.15) is 43.5 Å². The van der Waals surface area contributed by atoms with Crippen molar-refractivity contribution < 1.29 is 18.7 Å². The zero-order valence-electron chi connectivity index (χ0n) is 23.0. The molecule has 2 aromatic heterocycles. The van der Waals surface area contributed by atoms with Crippen LogP contribution < -0.4 is 20.3 Å². The topological polar surface area (TPSA) is 106 Å². The molecule has 0 aliphatic carbocycles. The summed E-state index contributed by atoms with van der Waals surface area (Å²) in [5.41, 5.74) is 2.38. The van der Waals surface area contributed by atoms with E-state index in [1.807, 2.05) is 6.07 Å². The van der Waals surface area contributed by atoms with Crippen molar-refractivity contribution in [3.05, 3.63) is 48.0 Å². The number of benzene rings is 2. The van der Waals surface area contributed by atoms with Gasteiger partial charge in [0.25, 0.3) is 5.91 Å². The largest absolute Gasteiger partial charge is 0.461 e. The predicted molar refractivity (Wildman–Crippen MR) is 152 cm³/mol. The molecular weight excluding hydrogens is 513 g/mol. The summed E-state index contributed by atoms with van der Waals surface area (Å²) >= 11 is 0. The lowest BCUT2D eigenvalue weighted by Gasteiger charge is -2.38. The van der Waals surface area contributed by atoms with Crippen LogP contribution in [0.25, 0.3) is 21.8 Å². The second-order valence-electron chi connectivity index (χ2n) is 10.9. The van der Waals surface area contributed by atoms with E-state index in [4.69, 9.17) is 14.5 Å². The summed E-state index contributed by atoms with van der Waals surface area (Å²) in [6.07, 6.45) is 6.54. The van der Waals surface area contributed by atoms with E-state index in [-0.39, 0.29) is 17.6 Å². The highest BCUT2D eigenvalue weighted by atomic mass is 19.1. The minimum atomic E-state index is -0.501. The fraction of sp³-hybridized carbons (Fsp3) is 0.448. The molecule has 2 fully saturated rings. The molecule has 210 valence electrons. The molecule has 0 unspecified atom stereocenters. The molecule has 2 aliphatic heterocycles. The number of ether oxygens (including phenoxy) is 2. The number of nitrogens with zero attached hydrogens (tertiary/aromatic N) is 5. The van der Waals surface area contributed by atoms with E-state index in [0.29, 0.717) is 40.8 Å². The van der Waals surface area contributed by atoms with Gasteiger partial charge in [0.05, 0.1) is 17.2 Å². The monoisotopic (exact) mass is 547 g/mol. The van der Waals surface area contributed by atoms with Crippen LogP contribution in [0.2, 0.25) is 0 Å². The van der Waals surface area contributed by atoms with Crippen molar-refractivity contribution >= 4 is 39.1 Å². The highest BCUT2D eigenvalue weighted by molar-refractivity contribution is 6.14. The van der Waals surface area contributed by atoms with Crippen LogP contribution in [0.3, 0.4) is 0 Å². The van der Waals surface area contributed by atoms with Crippen molar-refractivity contribution in [1.82, 2.24) is 25.1 Å². The first-order chi connectivity index (χ1) is 19.3. The van der Waals surface area contributed by atoms with E-state index >= 15 is 0 Å². The molecule has 40 heavy (non-hydrogen) atoms. The minimum Gasteiger partial charge on any atom is -0.461 e. The van der Waals surface area contributed by atoms with Gasteiger partial charge in [-0.1, -0.05) is 0 Å². The van der Waals surface area contributed by atoms with Gasteiger partial charge in [-0.2, -0.15) is 10.1 Å². The Hall–Kier alpha value is -3.83. The number of fused-ring (bicyclic) bond motifs is 2. The maximum absolute atomic E-state index is 14.7. The van der Waals surface area contributed by atoms with Crippen molar-refractivity contribution in [3.8, 4) is 6.01 Å². The SMILES string of the molecule is C[C@@H]1CN(c2ccc(C(=O)Nc3cc(F)c4nn(C)cc4c3)c3nc(OC[C@H]4CCCCO4)ncc23)C[C@H](C)N1. The quantitative estimate of drug-likeness (QED) is 0.373. The van der Waals surface area contributed by atoms with Crippen LogP contribution >= 0.6 is 0 Å². The van der Waals surface area contributed by atoms with Gasteiger partial charge in [0.2, 0.25) is 0 Å². The molecule has 2 aliphatic rings. The van der Waals surface area contributed by atoms with Gasteiger partial charge in [-0.15, -0.1) is 0 Å². The first kappa shape index (κ1) is 26.4. The van der Waals surface area contributed by atoms with E-state index < -0.39 is 11.7 Å². The van der Waals surface area contributed by atoms with E-state index in [0.717, 1.165) is 50.0 Å². The van der Waals surface area contributed by atoms with Gasteiger partial charge in [-0.05, 0) is 57.4 Å². The summed E-state index contributed by atoms with van der Waals surface area (Å²) in [6, 6.07) is 7.49. The molecule has 0 saturated carbocycles. The van der Waals surface area contributed by atoms with Crippen molar-refractivity contribution in [1.29, 1.82) is 0 Å². The summed E-state index contributed by atoms with van der Waals surface area (Å²) in [5, 5.41) is 11.9. The average molecular weight is 548 g/mol. The standard InChI is InChI=1S/C29H34FN7O3/c1-17-13-37(14-18(2)32-17)25-8-7-22(28(38)33-20-10-19-15-36(3)35-26(19)24(30)11-20)27-23(25)12-31-29(34-27)40-16-21-6-4-5-9-39-21/h7-8,10-12,15,17-18,21,32H,4-6,9,13-14,16H2,1-3H3,(H,33,38)/t17-,18+,21-/m1/s1. The second kappa shape index (κ2) is 11.0. The molecule has 0 radical (unpaired) electrons. The van der Waals surface area contributed by atoms with E-state index in [1.54, 1.807) is 36.3 Å². The molecule has 11 heteroatoms.